The topological polar surface area (TPSA) is 141 Å². The lowest BCUT2D eigenvalue weighted by Gasteiger charge is -2.20. The Bertz CT molecular complexity index is 493. The number of aliphatic hydroxyl groups excluding tert-OH is 3. The molecular formula is C12H22NO6PS. The molecule has 0 aliphatic rings. The third-order valence-corrected chi connectivity index (χ3v) is 3.76. The first-order chi connectivity index (χ1) is 9.72. The van der Waals surface area contributed by atoms with E-state index in [0.717, 1.165) is 18.1 Å². The third kappa shape index (κ3) is 7.82. The summed E-state index contributed by atoms with van der Waals surface area (Å²) < 4.78 is 30.0. The highest BCUT2D eigenvalue weighted by molar-refractivity contribution is 7.85. The monoisotopic (exact) mass is 339 g/mol. The van der Waals surface area contributed by atoms with Crippen LogP contribution in [0.5, 0.6) is 0 Å². The van der Waals surface area contributed by atoms with Gasteiger partial charge in [0, 0.05) is 0 Å². The zero-order valence-electron chi connectivity index (χ0n) is 11.5. The van der Waals surface area contributed by atoms with Gasteiger partial charge in [0.05, 0.1) is 30.3 Å². The summed E-state index contributed by atoms with van der Waals surface area (Å²) in [5.41, 5.74) is 5.00. The van der Waals surface area contributed by atoms with Gasteiger partial charge < -0.3 is 21.1 Å². The van der Waals surface area contributed by atoms with Crippen molar-refractivity contribution < 1.29 is 28.3 Å². The van der Waals surface area contributed by atoms with Crippen molar-refractivity contribution in [2.24, 2.45) is 5.73 Å². The van der Waals surface area contributed by atoms with Crippen molar-refractivity contribution in [1.82, 2.24) is 0 Å². The average molecular weight is 339 g/mol. The van der Waals surface area contributed by atoms with Crippen LogP contribution in [0.3, 0.4) is 0 Å². The smallest absolute Gasteiger partial charge is 0.294 e. The van der Waals surface area contributed by atoms with Gasteiger partial charge in [-0.05, 0) is 30.3 Å². The van der Waals surface area contributed by atoms with Crippen molar-refractivity contribution >= 4 is 19.4 Å². The van der Waals surface area contributed by atoms with E-state index >= 15 is 0 Å². The zero-order chi connectivity index (χ0) is 16.5. The van der Waals surface area contributed by atoms with Gasteiger partial charge in [-0.1, -0.05) is 12.1 Å². The second-order valence-corrected chi connectivity index (χ2v) is 6.49. The van der Waals surface area contributed by atoms with Crippen molar-refractivity contribution in [3.05, 3.63) is 29.8 Å². The van der Waals surface area contributed by atoms with Crippen molar-refractivity contribution in [1.29, 1.82) is 0 Å². The van der Waals surface area contributed by atoms with E-state index in [2.05, 4.69) is 9.24 Å². The van der Waals surface area contributed by atoms with Crippen LogP contribution in [-0.2, 0) is 16.5 Å². The van der Waals surface area contributed by atoms with Gasteiger partial charge in [0.25, 0.3) is 10.1 Å². The highest BCUT2D eigenvalue weighted by Crippen LogP contribution is 2.10. The normalized spacial score (nSPS) is 11.7. The fourth-order valence-electron chi connectivity index (χ4n) is 1.14. The number of nitrogens with two attached hydrogens (primary N) is 1. The average Bonchev–Trinajstić information content (AvgIpc) is 2.47. The lowest BCUT2D eigenvalue weighted by atomic mass is 10.1. The van der Waals surface area contributed by atoms with E-state index in [4.69, 9.17) is 25.6 Å². The molecule has 0 amide bonds. The Kier molecular flexibility index (Phi) is 9.15. The molecule has 0 saturated heterocycles. The zero-order valence-corrected chi connectivity index (χ0v) is 13.5. The summed E-state index contributed by atoms with van der Waals surface area (Å²) >= 11 is 0. The standard InChI is InChI=1S/C8H11O3PS.C4H11NO3/c9-13(10,11)8-3-1-7(2-4-8)5-6-12;5-4(1-6,2-7)3-8/h1-4H,5-6,12H2,(H,9,10,11);6-8H,1-3,5H2. The molecule has 1 aromatic rings. The lowest BCUT2D eigenvalue weighted by Crippen LogP contribution is -2.50. The molecule has 0 fully saturated rings. The number of rotatable bonds is 6. The highest BCUT2D eigenvalue weighted by Gasteiger charge is 2.20. The van der Waals surface area contributed by atoms with Crippen molar-refractivity contribution in [3.8, 4) is 0 Å². The minimum atomic E-state index is -4.04. The fourth-order valence-corrected chi connectivity index (χ4v) is 1.96. The van der Waals surface area contributed by atoms with Gasteiger partial charge in [-0.25, -0.2) is 0 Å². The van der Waals surface area contributed by atoms with E-state index in [1.807, 2.05) is 0 Å². The molecule has 0 heterocycles. The molecule has 7 nitrogen and oxygen atoms in total. The Balaban J connectivity index is 0.000000433. The van der Waals surface area contributed by atoms with E-state index in [9.17, 15) is 8.42 Å². The maximum Gasteiger partial charge on any atom is 0.294 e. The highest BCUT2D eigenvalue weighted by atomic mass is 32.2. The second-order valence-electron chi connectivity index (χ2n) is 4.49. The van der Waals surface area contributed by atoms with E-state index in [1.54, 1.807) is 12.1 Å². The largest absolute Gasteiger partial charge is 0.394 e. The molecule has 1 unspecified atom stereocenters. The fraction of sp³-hybridized carbons (Fsp3) is 0.500. The molecule has 0 saturated carbocycles. The van der Waals surface area contributed by atoms with Crippen LogP contribution in [0, 0.1) is 0 Å². The molecule has 0 aromatic heterocycles. The van der Waals surface area contributed by atoms with Crippen LogP contribution >= 0.6 is 9.24 Å². The van der Waals surface area contributed by atoms with Crippen LogP contribution in [0.2, 0.25) is 0 Å². The van der Waals surface area contributed by atoms with Crippen molar-refractivity contribution in [2.75, 3.05) is 26.0 Å². The quantitative estimate of drug-likeness (QED) is 0.331. The van der Waals surface area contributed by atoms with Crippen LogP contribution < -0.4 is 5.73 Å². The molecule has 0 radical (unpaired) electrons. The molecule has 21 heavy (non-hydrogen) atoms. The first-order valence-corrected chi connectivity index (χ1v) is 8.36. The Morgan fingerprint density at radius 1 is 1.05 bits per heavy atom. The molecule has 1 rings (SSSR count). The minimum Gasteiger partial charge on any atom is -0.394 e. The molecule has 1 aromatic carbocycles. The van der Waals surface area contributed by atoms with Crippen LogP contribution in [0.1, 0.15) is 5.56 Å². The number of hydrogen-bond donors (Lipinski definition) is 5. The first kappa shape index (κ1) is 20.4. The van der Waals surface area contributed by atoms with E-state index in [0.29, 0.717) is 0 Å². The van der Waals surface area contributed by atoms with E-state index in [-0.39, 0.29) is 4.90 Å². The molecule has 0 bridgehead atoms. The molecule has 6 N–H and O–H groups in total. The Hall–Kier alpha value is -0.600. The van der Waals surface area contributed by atoms with E-state index < -0.39 is 35.5 Å². The number of benzene rings is 1. The van der Waals surface area contributed by atoms with Gasteiger partial charge >= 0.3 is 0 Å². The Morgan fingerprint density at radius 2 is 1.48 bits per heavy atom. The van der Waals surface area contributed by atoms with Gasteiger partial charge in [0.1, 0.15) is 0 Å². The summed E-state index contributed by atoms with van der Waals surface area (Å²) in [7, 11) is -1.44. The maximum atomic E-state index is 10.7. The summed E-state index contributed by atoms with van der Waals surface area (Å²) in [6.45, 7) is -1.21. The second kappa shape index (κ2) is 9.42. The molecule has 0 aliphatic heterocycles. The van der Waals surface area contributed by atoms with E-state index in [1.165, 1.54) is 12.1 Å². The minimum absolute atomic E-state index is 0.0555. The van der Waals surface area contributed by atoms with Crippen molar-refractivity contribution in [3.63, 3.8) is 0 Å². The third-order valence-electron chi connectivity index (χ3n) is 2.60. The van der Waals surface area contributed by atoms with Gasteiger partial charge in [0.15, 0.2) is 0 Å². The van der Waals surface area contributed by atoms with Gasteiger partial charge in [0.2, 0.25) is 0 Å². The summed E-state index contributed by atoms with van der Waals surface area (Å²) in [6, 6.07) is 6.22. The molecule has 0 aliphatic carbocycles. The van der Waals surface area contributed by atoms with Crippen molar-refractivity contribution in [2.45, 2.75) is 16.9 Å². The van der Waals surface area contributed by atoms with Crippen LogP contribution in [-0.4, -0.2) is 59.8 Å². The predicted octanol–water partition coefficient (Wildman–Crippen LogP) is -0.988. The van der Waals surface area contributed by atoms with Gasteiger partial charge in [-0.3, -0.25) is 4.55 Å². The van der Waals surface area contributed by atoms with Gasteiger partial charge in [-0.15, -0.1) is 9.24 Å². The molecular weight excluding hydrogens is 317 g/mol. The first-order valence-electron chi connectivity index (χ1n) is 6.10. The molecule has 9 heteroatoms. The Morgan fingerprint density at radius 3 is 1.71 bits per heavy atom. The van der Waals surface area contributed by atoms with Gasteiger partial charge in [-0.2, -0.15) is 8.42 Å². The predicted molar refractivity (Wildman–Crippen MR) is 82.7 cm³/mol. The Labute approximate surface area is 126 Å². The molecule has 122 valence electrons. The van der Waals surface area contributed by atoms with Crippen LogP contribution in [0.25, 0.3) is 0 Å². The number of aryl methyl sites for hydroxylation is 1. The summed E-state index contributed by atoms with van der Waals surface area (Å²) in [5, 5.41) is 25.0. The number of aliphatic hydroxyl groups is 3. The molecule has 1 atom stereocenters. The SMILES string of the molecule is NC(CO)(CO)CO.O=S(=O)(O)c1ccc(CCP)cc1. The summed E-state index contributed by atoms with van der Waals surface area (Å²) in [6.07, 6.45) is 1.82. The summed E-state index contributed by atoms with van der Waals surface area (Å²) in [5.74, 6) is 0. The molecule has 0 spiro atoms. The summed E-state index contributed by atoms with van der Waals surface area (Å²) in [4.78, 5) is -0.0555. The maximum absolute atomic E-state index is 10.7. The van der Waals surface area contributed by atoms with Crippen LogP contribution in [0.4, 0.5) is 0 Å². The number of hydrogen-bond acceptors (Lipinski definition) is 6. The lowest BCUT2D eigenvalue weighted by molar-refractivity contribution is 0.0697. The van der Waals surface area contributed by atoms with Crippen LogP contribution in [0.15, 0.2) is 29.2 Å².